The number of hydrazine groups is 1. The number of rotatable bonds is 0. The van der Waals surface area contributed by atoms with E-state index in [0.29, 0.717) is 0 Å². The minimum absolute atomic E-state index is 0.353. The van der Waals surface area contributed by atoms with E-state index in [9.17, 15) is 4.79 Å². The quantitative estimate of drug-likeness (QED) is 0.512. The maximum absolute atomic E-state index is 10.7. The van der Waals surface area contributed by atoms with Crippen LogP contribution in [-0.2, 0) is 0 Å². The summed E-state index contributed by atoms with van der Waals surface area (Å²) >= 11 is 2.09. The molecule has 5 heteroatoms. The molecule has 0 saturated carbocycles. The number of nitrogens with zero attached hydrogens (tertiary/aromatic N) is 2. The lowest BCUT2D eigenvalue weighted by atomic mass is 10.3. The lowest BCUT2D eigenvalue weighted by Crippen LogP contribution is -2.47. The van der Waals surface area contributed by atoms with E-state index >= 15 is 0 Å². The predicted octanol–water partition coefficient (Wildman–Crippen LogP) is 0.728. The highest BCUT2D eigenvalue weighted by Crippen LogP contribution is 2.13. The van der Waals surface area contributed by atoms with Gasteiger partial charge in [0.2, 0.25) is 0 Å². The summed E-state index contributed by atoms with van der Waals surface area (Å²) in [5.74, 6) is 0. The largest absolute Gasteiger partial charge is 0.350 e. The molecule has 1 rings (SSSR count). The Morgan fingerprint density at radius 3 is 2.40 bits per heavy atom. The number of carbonyl (C=O) groups is 1. The smallest absolute Gasteiger partial charge is 0.329 e. The average molecular weight is 255 g/mol. The van der Waals surface area contributed by atoms with Crippen molar-refractivity contribution >= 4 is 28.9 Å². The number of hydrogen-bond acceptors (Lipinski definition) is 2. The summed E-state index contributed by atoms with van der Waals surface area (Å²) in [6.07, 6.45) is 2.20. The van der Waals surface area contributed by atoms with Gasteiger partial charge >= 0.3 is 6.03 Å². The molecule has 2 amide bonds. The molecule has 0 aromatic carbocycles. The molecule has 10 heavy (non-hydrogen) atoms. The third-order valence-electron chi connectivity index (χ3n) is 1.48. The third kappa shape index (κ3) is 1.72. The Labute approximate surface area is 73.8 Å². The molecule has 1 aliphatic heterocycles. The van der Waals surface area contributed by atoms with Crippen molar-refractivity contribution in [2.75, 3.05) is 13.1 Å². The molecular formula is C5H10IN3O. The highest BCUT2D eigenvalue weighted by Gasteiger charge is 2.19. The molecule has 0 radical (unpaired) electrons. The van der Waals surface area contributed by atoms with Gasteiger partial charge in [0, 0.05) is 36.0 Å². The number of urea groups is 1. The van der Waals surface area contributed by atoms with Gasteiger partial charge in [-0.05, 0) is 12.8 Å². The third-order valence-corrected chi connectivity index (χ3v) is 2.48. The standard InChI is InChI=1S/C5H10IN3O/c6-9-4-2-1-3-8(9)5(7)10/h1-4H2,(H2,7,10). The summed E-state index contributed by atoms with van der Waals surface area (Å²) in [6, 6.07) is -0.353. The lowest BCUT2D eigenvalue weighted by molar-refractivity contribution is 0.0974. The Balaban J connectivity index is 2.47. The molecule has 2 N–H and O–H groups in total. The van der Waals surface area contributed by atoms with Crippen LogP contribution in [0.2, 0.25) is 0 Å². The molecular weight excluding hydrogens is 245 g/mol. The molecule has 0 unspecified atom stereocenters. The van der Waals surface area contributed by atoms with Crippen molar-refractivity contribution in [3.63, 3.8) is 0 Å². The summed E-state index contributed by atoms with van der Waals surface area (Å²) < 4.78 is 1.84. The van der Waals surface area contributed by atoms with Crippen LogP contribution in [-0.4, -0.2) is 27.4 Å². The maximum atomic E-state index is 10.7. The van der Waals surface area contributed by atoms with Crippen LogP contribution in [0.5, 0.6) is 0 Å². The van der Waals surface area contributed by atoms with Crippen molar-refractivity contribution in [1.29, 1.82) is 0 Å². The van der Waals surface area contributed by atoms with Crippen LogP contribution in [0, 0.1) is 0 Å². The van der Waals surface area contributed by atoms with E-state index in [0.717, 1.165) is 25.9 Å². The molecule has 0 spiro atoms. The first-order chi connectivity index (χ1) is 4.72. The molecule has 1 fully saturated rings. The minimum Gasteiger partial charge on any atom is -0.350 e. The molecule has 58 valence electrons. The van der Waals surface area contributed by atoms with Gasteiger partial charge in [-0.25, -0.2) is 9.80 Å². The Bertz CT molecular complexity index is 141. The van der Waals surface area contributed by atoms with Crippen molar-refractivity contribution < 1.29 is 4.79 Å². The molecule has 1 aliphatic rings. The number of halogens is 1. The van der Waals surface area contributed by atoms with Crippen LogP contribution in [0.4, 0.5) is 4.79 Å². The number of nitrogens with two attached hydrogens (primary N) is 1. The first kappa shape index (κ1) is 8.06. The van der Waals surface area contributed by atoms with Crippen LogP contribution < -0.4 is 5.73 Å². The van der Waals surface area contributed by atoms with Gasteiger partial charge in [-0.2, -0.15) is 3.22 Å². The van der Waals surface area contributed by atoms with Crippen molar-refractivity contribution in [3.8, 4) is 0 Å². The van der Waals surface area contributed by atoms with Crippen LogP contribution in [0.3, 0.4) is 0 Å². The molecule has 0 aromatic rings. The van der Waals surface area contributed by atoms with Crippen molar-refractivity contribution in [3.05, 3.63) is 0 Å². The summed E-state index contributed by atoms with van der Waals surface area (Å²) in [4.78, 5) is 10.7. The summed E-state index contributed by atoms with van der Waals surface area (Å²) in [5, 5.41) is 1.56. The average Bonchev–Trinajstić information content (AvgIpc) is 1.88. The van der Waals surface area contributed by atoms with Crippen LogP contribution in [0.1, 0.15) is 12.8 Å². The summed E-state index contributed by atoms with van der Waals surface area (Å²) in [6.45, 7) is 1.68. The number of hydrogen-bond donors (Lipinski definition) is 1. The first-order valence-electron chi connectivity index (χ1n) is 3.22. The minimum atomic E-state index is -0.353. The maximum Gasteiger partial charge on any atom is 0.329 e. The van der Waals surface area contributed by atoms with E-state index in [1.54, 1.807) is 5.01 Å². The van der Waals surface area contributed by atoms with Gasteiger partial charge in [-0.1, -0.05) is 0 Å². The second kappa shape index (κ2) is 3.38. The van der Waals surface area contributed by atoms with Crippen molar-refractivity contribution in [1.82, 2.24) is 8.23 Å². The summed E-state index contributed by atoms with van der Waals surface area (Å²) in [5.41, 5.74) is 5.10. The first-order valence-corrected chi connectivity index (χ1v) is 4.18. The van der Waals surface area contributed by atoms with Gasteiger partial charge in [0.05, 0.1) is 0 Å². The molecule has 4 nitrogen and oxygen atoms in total. The van der Waals surface area contributed by atoms with Gasteiger partial charge in [0.25, 0.3) is 0 Å². The molecule has 1 saturated heterocycles. The molecule has 0 aromatic heterocycles. The Morgan fingerprint density at radius 1 is 1.40 bits per heavy atom. The number of carbonyl (C=O) groups excluding carboxylic acids is 1. The zero-order chi connectivity index (χ0) is 7.56. The van der Waals surface area contributed by atoms with E-state index < -0.39 is 0 Å². The monoisotopic (exact) mass is 255 g/mol. The van der Waals surface area contributed by atoms with Gasteiger partial charge in [-0.15, -0.1) is 0 Å². The highest BCUT2D eigenvalue weighted by molar-refractivity contribution is 14.1. The molecule has 0 bridgehead atoms. The fraction of sp³-hybridized carbons (Fsp3) is 0.800. The summed E-state index contributed by atoms with van der Waals surface area (Å²) in [7, 11) is 0. The lowest BCUT2D eigenvalue weighted by Gasteiger charge is -2.32. The van der Waals surface area contributed by atoms with E-state index in [1.165, 1.54) is 0 Å². The van der Waals surface area contributed by atoms with Crippen molar-refractivity contribution in [2.24, 2.45) is 5.73 Å². The Hall–Kier alpha value is -0.0400. The van der Waals surface area contributed by atoms with Crippen LogP contribution in [0.25, 0.3) is 0 Å². The van der Waals surface area contributed by atoms with Gasteiger partial charge < -0.3 is 5.73 Å². The van der Waals surface area contributed by atoms with Crippen molar-refractivity contribution in [2.45, 2.75) is 12.8 Å². The topological polar surface area (TPSA) is 49.6 Å². The number of primary amides is 1. The van der Waals surface area contributed by atoms with E-state index in [-0.39, 0.29) is 6.03 Å². The highest BCUT2D eigenvalue weighted by atomic mass is 127. The number of amides is 2. The Kier molecular flexibility index (Phi) is 2.72. The van der Waals surface area contributed by atoms with Crippen LogP contribution >= 0.6 is 22.9 Å². The second-order valence-corrected chi connectivity index (χ2v) is 3.34. The van der Waals surface area contributed by atoms with Crippen LogP contribution in [0.15, 0.2) is 0 Å². The fourth-order valence-corrected chi connectivity index (χ4v) is 1.72. The zero-order valence-electron chi connectivity index (χ0n) is 5.59. The second-order valence-electron chi connectivity index (χ2n) is 2.23. The van der Waals surface area contributed by atoms with E-state index in [1.807, 2.05) is 3.22 Å². The van der Waals surface area contributed by atoms with Gasteiger partial charge in [0.15, 0.2) is 0 Å². The van der Waals surface area contributed by atoms with E-state index in [4.69, 9.17) is 5.73 Å². The van der Waals surface area contributed by atoms with Gasteiger partial charge in [0.1, 0.15) is 0 Å². The van der Waals surface area contributed by atoms with E-state index in [2.05, 4.69) is 22.9 Å². The molecule has 0 atom stereocenters. The normalized spacial score (nSPS) is 21.1. The molecule has 1 heterocycles. The fourth-order valence-electron chi connectivity index (χ4n) is 0.950. The zero-order valence-corrected chi connectivity index (χ0v) is 7.74. The SMILES string of the molecule is NC(=O)N1CCCCN1I. The molecule has 0 aliphatic carbocycles. The predicted molar refractivity (Wildman–Crippen MR) is 46.2 cm³/mol. The Morgan fingerprint density at radius 2 is 2.00 bits per heavy atom. The van der Waals surface area contributed by atoms with Gasteiger partial charge in [-0.3, -0.25) is 0 Å².